The molecule has 286 valence electrons. The molecule has 0 aliphatic rings. The first-order valence-corrected chi connectivity index (χ1v) is 21.7. The van der Waals surface area contributed by atoms with Crippen LogP contribution in [0.25, 0.3) is 91.8 Å². The van der Waals surface area contributed by atoms with Gasteiger partial charge in [-0.05, 0) is 99.3 Å². The largest absolute Gasteiger partial charge is 0.308 e. The van der Waals surface area contributed by atoms with Gasteiger partial charge < -0.3 is 9.47 Å². The number of hydrogen-bond acceptors (Lipinski definition) is 2. The molecule has 2 heterocycles. The van der Waals surface area contributed by atoms with E-state index in [4.69, 9.17) is 0 Å². The number of benzene rings is 10. The number of aromatic nitrogens is 1. The molecule has 0 aliphatic carbocycles. The highest BCUT2D eigenvalue weighted by atomic mass is 32.1. The number of thiophene rings is 1. The zero-order chi connectivity index (χ0) is 40.3. The van der Waals surface area contributed by atoms with E-state index in [1.807, 2.05) is 11.3 Å². The molecule has 0 saturated carbocycles. The molecular weight excluding hydrogens is 757 g/mol. The Balaban J connectivity index is 1.07. The lowest BCUT2D eigenvalue weighted by atomic mass is 9.95. The van der Waals surface area contributed by atoms with E-state index in [0.29, 0.717) is 0 Å². The molecule has 3 heteroatoms. The van der Waals surface area contributed by atoms with Gasteiger partial charge in [-0.2, -0.15) is 0 Å². The van der Waals surface area contributed by atoms with E-state index in [9.17, 15) is 0 Å². The second kappa shape index (κ2) is 14.5. The molecule has 61 heavy (non-hydrogen) atoms. The predicted molar refractivity (Wildman–Crippen MR) is 262 cm³/mol. The molecule has 0 N–H and O–H groups in total. The summed E-state index contributed by atoms with van der Waals surface area (Å²) in [5, 5.41) is 7.59. The fourth-order valence-corrected chi connectivity index (χ4v) is 10.6. The van der Waals surface area contributed by atoms with Crippen molar-refractivity contribution in [1.82, 2.24) is 4.57 Å². The molecule has 12 aromatic rings. The van der Waals surface area contributed by atoms with Crippen molar-refractivity contribution in [3.8, 4) is 39.1 Å². The standard InChI is InChI=1S/C58H38N2S/c1-2-20-44-40(16-1)17-14-25-45(44)42-19-13-18-41(38-42)39-34-36-43(37-35-39)59(51-27-7-5-23-48(51)49-26-15-33-57-58(49)50-24-6-12-32-56(50)61-57)54-30-10-11-31-55(54)60-52-28-8-3-21-46(52)47-22-4-9-29-53(47)60/h1-38H. The van der Waals surface area contributed by atoms with Gasteiger partial charge in [0.2, 0.25) is 0 Å². The second-order valence-electron chi connectivity index (χ2n) is 15.6. The van der Waals surface area contributed by atoms with Gasteiger partial charge in [0, 0.05) is 42.2 Å². The zero-order valence-corrected chi connectivity index (χ0v) is 34.1. The molecule has 0 aliphatic heterocycles. The van der Waals surface area contributed by atoms with Crippen LogP contribution < -0.4 is 4.90 Å². The summed E-state index contributed by atoms with van der Waals surface area (Å²) in [6, 6.07) is 84.2. The quantitative estimate of drug-likeness (QED) is 0.156. The molecule has 0 unspecified atom stereocenters. The molecule has 0 bridgehead atoms. The Morgan fingerprint density at radius 2 is 0.902 bits per heavy atom. The van der Waals surface area contributed by atoms with Crippen LogP contribution in [-0.4, -0.2) is 4.57 Å². The maximum absolute atomic E-state index is 2.47. The van der Waals surface area contributed by atoms with Gasteiger partial charge in [0.1, 0.15) is 0 Å². The van der Waals surface area contributed by atoms with Crippen molar-refractivity contribution in [3.05, 3.63) is 231 Å². The van der Waals surface area contributed by atoms with Crippen molar-refractivity contribution in [1.29, 1.82) is 0 Å². The van der Waals surface area contributed by atoms with E-state index in [1.165, 1.54) is 86.1 Å². The van der Waals surface area contributed by atoms with Crippen LogP contribution in [0.2, 0.25) is 0 Å². The highest BCUT2D eigenvalue weighted by molar-refractivity contribution is 7.25. The molecule has 12 rings (SSSR count). The average Bonchev–Trinajstić information content (AvgIpc) is 3.88. The molecule has 0 fully saturated rings. The fourth-order valence-electron chi connectivity index (χ4n) is 9.47. The van der Waals surface area contributed by atoms with E-state index in [-0.39, 0.29) is 0 Å². The first-order chi connectivity index (χ1) is 30.3. The summed E-state index contributed by atoms with van der Waals surface area (Å²) in [5.41, 5.74) is 14.0. The molecule has 0 atom stereocenters. The van der Waals surface area contributed by atoms with Crippen molar-refractivity contribution >= 4 is 81.1 Å². The zero-order valence-electron chi connectivity index (χ0n) is 33.2. The maximum atomic E-state index is 2.47. The molecule has 2 nitrogen and oxygen atoms in total. The first kappa shape index (κ1) is 35.2. The minimum Gasteiger partial charge on any atom is -0.308 e. The number of para-hydroxylation sites is 5. The molecule has 0 amide bonds. The van der Waals surface area contributed by atoms with E-state index >= 15 is 0 Å². The fraction of sp³-hybridized carbons (Fsp3) is 0. The van der Waals surface area contributed by atoms with Crippen molar-refractivity contribution < 1.29 is 0 Å². The van der Waals surface area contributed by atoms with Crippen molar-refractivity contribution in [2.75, 3.05) is 4.90 Å². The van der Waals surface area contributed by atoms with Crippen molar-refractivity contribution in [2.24, 2.45) is 0 Å². The summed E-state index contributed by atoms with van der Waals surface area (Å²) in [4.78, 5) is 2.47. The predicted octanol–water partition coefficient (Wildman–Crippen LogP) is 16.8. The molecule has 0 spiro atoms. The first-order valence-electron chi connectivity index (χ1n) is 20.8. The smallest absolute Gasteiger partial charge is 0.0702 e. The Bertz CT molecular complexity index is 3550. The third-order valence-electron chi connectivity index (χ3n) is 12.2. The van der Waals surface area contributed by atoms with Gasteiger partial charge in [-0.1, -0.05) is 170 Å². The minimum atomic E-state index is 1.08. The van der Waals surface area contributed by atoms with Crippen LogP contribution in [-0.2, 0) is 0 Å². The Morgan fingerprint density at radius 1 is 0.344 bits per heavy atom. The monoisotopic (exact) mass is 794 g/mol. The lowest BCUT2D eigenvalue weighted by molar-refractivity contribution is 1.15. The van der Waals surface area contributed by atoms with Crippen LogP contribution in [0.5, 0.6) is 0 Å². The average molecular weight is 795 g/mol. The molecule has 0 saturated heterocycles. The molecule has 2 aromatic heterocycles. The molecule has 10 aromatic carbocycles. The van der Waals surface area contributed by atoms with E-state index < -0.39 is 0 Å². The summed E-state index contributed by atoms with van der Waals surface area (Å²) < 4.78 is 5.03. The van der Waals surface area contributed by atoms with Crippen molar-refractivity contribution in [2.45, 2.75) is 0 Å². The highest BCUT2D eigenvalue weighted by Gasteiger charge is 2.24. The molecular formula is C58H38N2S. The maximum Gasteiger partial charge on any atom is 0.0702 e. The van der Waals surface area contributed by atoms with Crippen LogP contribution >= 0.6 is 11.3 Å². The van der Waals surface area contributed by atoms with Gasteiger partial charge >= 0.3 is 0 Å². The van der Waals surface area contributed by atoms with Crippen LogP contribution in [0, 0.1) is 0 Å². The van der Waals surface area contributed by atoms with Crippen LogP contribution in [0.4, 0.5) is 17.1 Å². The summed E-state index contributed by atoms with van der Waals surface area (Å²) in [7, 11) is 0. The summed E-state index contributed by atoms with van der Waals surface area (Å²) in [5.74, 6) is 0. The van der Waals surface area contributed by atoms with E-state index in [2.05, 4.69) is 240 Å². The van der Waals surface area contributed by atoms with Gasteiger partial charge in [0.25, 0.3) is 0 Å². The number of hydrogen-bond donors (Lipinski definition) is 0. The number of nitrogens with zero attached hydrogens (tertiary/aromatic N) is 2. The Labute approximate surface area is 358 Å². The van der Waals surface area contributed by atoms with E-state index in [0.717, 1.165) is 22.7 Å². The van der Waals surface area contributed by atoms with Gasteiger partial charge in [-0.3, -0.25) is 0 Å². The third kappa shape index (κ3) is 5.85. The third-order valence-corrected chi connectivity index (χ3v) is 13.3. The van der Waals surface area contributed by atoms with Gasteiger partial charge in [-0.15, -0.1) is 11.3 Å². The molecule has 0 radical (unpaired) electrons. The highest BCUT2D eigenvalue weighted by Crippen LogP contribution is 2.48. The lowest BCUT2D eigenvalue weighted by Gasteiger charge is -2.30. The van der Waals surface area contributed by atoms with Crippen LogP contribution in [0.3, 0.4) is 0 Å². The topological polar surface area (TPSA) is 8.17 Å². The van der Waals surface area contributed by atoms with Crippen LogP contribution in [0.1, 0.15) is 0 Å². The normalized spacial score (nSPS) is 11.6. The van der Waals surface area contributed by atoms with E-state index in [1.54, 1.807) is 0 Å². The second-order valence-corrected chi connectivity index (χ2v) is 16.7. The lowest BCUT2D eigenvalue weighted by Crippen LogP contribution is -2.14. The van der Waals surface area contributed by atoms with Gasteiger partial charge in [0.05, 0.1) is 28.1 Å². The Hall–Kier alpha value is -7.72. The van der Waals surface area contributed by atoms with Gasteiger partial charge in [-0.25, -0.2) is 0 Å². The number of rotatable bonds is 7. The van der Waals surface area contributed by atoms with Crippen LogP contribution in [0.15, 0.2) is 231 Å². The summed E-state index contributed by atoms with van der Waals surface area (Å²) in [6.45, 7) is 0. The van der Waals surface area contributed by atoms with Gasteiger partial charge in [0.15, 0.2) is 0 Å². The Morgan fingerprint density at radius 3 is 1.72 bits per heavy atom. The SMILES string of the molecule is c1cc(-c2ccc(N(c3ccccc3-c3cccc4sc5ccccc5c34)c3ccccc3-n3c4ccccc4c4ccccc43)cc2)cc(-c2cccc3ccccc23)c1. The summed E-state index contributed by atoms with van der Waals surface area (Å²) in [6.07, 6.45) is 0. The number of fused-ring (bicyclic) bond motifs is 7. The number of anilines is 3. The minimum absolute atomic E-state index is 1.08. The Kier molecular flexibility index (Phi) is 8.39. The van der Waals surface area contributed by atoms with Crippen molar-refractivity contribution in [3.63, 3.8) is 0 Å². The summed E-state index contributed by atoms with van der Waals surface area (Å²) >= 11 is 1.86.